The van der Waals surface area contributed by atoms with Crippen LogP contribution in [0.4, 0.5) is 4.79 Å². The number of aromatic nitrogens is 4. The molecule has 6 rings (SSSR count). The number of H-pyrrole nitrogens is 1. The lowest BCUT2D eigenvalue weighted by molar-refractivity contribution is 0.151. The fourth-order valence-electron chi connectivity index (χ4n) is 7.35. The molecule has 3 aromatic carbocycles. The molecule has 2 unspecified atom stereocenters. The second-order valence-corrected chi connectivity index (χ2v) is 14.4. The highest BCUT2D eigenvalue weighted by Gasteiger charge is 2.32. The molecule has 1 aliphatic rings. The second kappa shape index (κ2) is 15.0. The summed E-state index contributed by atoms with van der Waals surface area (Å²) in [6.07, 6.45) is 8.47. The first kappa shape index (κ1) is 36.3. The van der Waals surface area contributed by atoms with E-state index in [0.29, 0.717) is 28.8 Å². The summed E-state index contributed by atoms with van der Waals surface area (Å²) < 4.78 is 15.3. The maximum atomic E-state index is 13.9. The van der Waals surface area contributed by atoms with Gasteiger partial charge in [0.1, 0.15) is 23.0 Å². The summed E-state index contributed by atoms with van der Waals surface area (Å²) in [5, 5.41) is 30.4. The number of rotatable bonds is 11. The van der Waals surface area contributed by atoms with Crippen LogP contribution in [-0.2, 0) is 13.5 Å². The normalized spacial score (nSPS) is 15.9. The quantitative estimate of drug-likeness (QED) is 0.0540. The van der Waals surface area contributed by atoms with Gasteiger partial charge in [0.05, 0.1) is 11.3 Å². The molecule has 0 radical (unpaired) electrons. The number of aromatic amines is 1. The van der Waals surface area contributed by atoms with E-state index in [0.717, 1.165) is 54.1 Å². The van der Waals surface area contributed by atoms with Crippen LogP contribution in [-0.4, -0.2) is 35.7 Å². The number of fused-ring (bicyclic) bond motifs is 1. The van der Waals surface area contributed by atoms with Crippen molar-refractivity contribution in [2.45, 2.75) is 85.0 Å². The zero-order valence-corrected chi connectivity index (χ0v) is 30.8. The van der Waals surface area contributed by atoms with Gasteiger partial charge < -0.3 is 24.3 Å². The van der Waals surface area contributed by atoms with Gasteiger partial charge in [0.25, 0.3) is 0 Å². The van der Waals surface area contributed by atoms with E-state index < -0.39 is 11.8 Å². The van der Waals surface area contributed by atoms with Crippen LogP contribution in [0.3, 0.4) is 0 Å². The third kappa shape index (κ3) is 7.28. The minimum atomic E-state index is -1.07. The first-order chi connectivity index (χ1) is 24.9. The van der Waals surface area contributed by atoms with Gasteiger partial charge in [0, 0.05) is 41.7 Å². The zero-order valence-electron chi connectivity index (χ0n) is 30.8. The van der Waals surface area contributed by atoms with E-state index in [-0.39, 0.29) is 46.6 Å². The van der Waals surface area contributed by atoms with E-state index >= 15 is 0 Å². The Morgan fingerprint density at radius 1 is 1.06 bits per heavy atom. The lowest BCUT2D eigenvalue weighted by atomic mass is 9.73. The maximum absolute atomic E-state index is 13.9. The van der Waals surface area contributed by atoms with Crippen LogP contribution in [0.1, 0.15) is 95.2 Å². The minimum absolute atomic E-state index is 0.0394. The Hall–Kier alpha value is -5.51. The van der Waals surface area contributed by atoms with Gasteiger partial charge >= 0.3 is 11.8 Å². The molecule has 2 atom stereocenters. The molecule has 2 heterocycles. The van der Waals surface area contributed by atoms with Crippen molar-refractivity contribution in [3.8, 4) is 40.1 Å². The van der Waals surface area contributed by atoms with Crippen molar-refractivity contribution in [3.05, 3.63) is 106 Å². The maximum Gasteiger partial charge on any atom is 0.519 e. The predicted molar refractivity (Wildman–Crippen MR) is 204 cm³/mol. The number of aryl methyl sites for hydroxylation is 2. The number of ether oxygens (including phenoxy) is 2. The van der Waals surface area contributed by atoms with Crippen molar-refractivity contribution < 1.29 is 24.5 Å². The number of hydrogen-bond acceptors (Lipinski definition) is 7. The van der Waals surface area contributed by atoms with Crippen LogP contribution in [0, 0.1) is 5.92 Å². The van der Waals surface area contributed by atoms with Crippen molar-refractivity contribution >= 4 is 17.1 Å². The fraction of sp³-hybridized carbons (Fsp3) is 0.357. The number of carbonyl (C=O) groups is 1. The van der Waals surface area contributed by atoms with Crippen LogP contribution >= 0.6 is 0 Å². The summed E-state index contributed by atoms with van der Waals surface area (Å²) in [6.45, 7) is 14.3. The molecule has 0 aliphatic heterocycles. The van der Waals surface area contributed by atoms with E-state index in [1.165, 1.54) is 16.2 Å². The Kier molecular flexibility index (Phi) is 10.5. The number of nitrogens with zero attached hydrogens (tertiary/aromatic N) is 3. The summed E-state index contributed by atoms with van der Waals surface area (Å²) in [5.74, 6) is -0.0134. The summed E-state index contributed by atoms with van der Waals surface area (Å²) in [5.41, 5.74) is 5.45. The van der Waals surface area contributed by atoms with Gasteiger partial charge in [-0.25, -0.2) is 19.3 Å². The highest BCUT2D eigenvalue weighted by atomic mass is 16.7. The van der Waals surface area contributed by atoms with Crippen molar-refractivity contribution in [3.63, 3.8) is 0 Å². The summed E-state index contributed by atoms with van der Waals surface area (Å²) in [4.78, 5) is 27.1. The van der Waals surface area contributed by atoms with Crippen LogP contribution in [0.25, 0.3) is 28.0 Å². The Labute approximate surface area is 304 Å². The molecule has 0 spiro atoms. The van der Waals surface area contributed by atoms with Gasteiger partial charge in [-0.05, 0) is 105 Å². The van der Waals surface area contributed by atoms with Crippen molar-refractivity contribution in [1.82, 2.24) is 19.3 Å². The lowest BCUT2D eigenvalue weighted by Gasteiger charge is -2.32. The topological polar surface area (TPSA) is 132 Å². The van der Waals surface area contributed by atoms with Crippen LogP contribution in [0.15, 0.2) is 83.3 Å². The molecule has 10 heteroatoms. The minimum Gasteiger partial charge on any atom is -0.508 e. The van der Waals surface area contributed by atoms with E-state index in [1.807, 2.05) is 68.9 Å². The van der Waals surface area contributed by atoms with Gasteiger partial charge in [0.2, 0.25) is 0 Å². The van der Waals surface area contributed by atoms with Crippen LogP contribution in [0.2, 0.25) is 0 Å². The SMILES string of the molecule is C=C(C)C1CCC(C)=CC1c1c(O)cc(CCCCC)cc1OC(=O)Oc1cc(O)c(C(C)C)cc1-c1n[nH]c(=O)n1-c1ccc2c(ccn2C)c1. The third-order valence-corrected chi connectivity index (χ3v) is 10.1. The van der Waals surface area contributed by atoms with Crippen molar-refractivity contribution in [1.29, 1.82) is 0 Å². The number of unbranched alkanes of at least 4 members (excludes halogenated alkanes) is 2. The molecule has 0 bridgehead atoms. The number of nitrogens with one attached hydrogen (secondary N) is 1. The molecular weight excluding hydrogens is 656 g/mol. The zero-order chi connectivity index (χ0) is 37.3. The number of hydrogen-bond donors (Lipinski definition) is 3. The first-order valence-corrected chi connectivity index (χ1v) is 18.0. The average Bonchev–Trinajstić information content (AvgIpc) is 3.65. The second-order valence-electron chi connectivity index (χ2n) is 14.4. The highest BCUT2D eigenvalue weighted by Crippen LogP contribution is 2.47. The highest BCUT2D eigenvalue weighted by molar-refractivity contribution is 5.83. The molecule has 0 amide bonds. The number of phenolic OH excluding ortho intramolecular Hbond substituents is 2. The monoisotopic (exact) mass is 704 g/mol. The molecular formula is C42H48N4O6. The standard InChI is InChI=1S/C42H48N4O6/c1-8-9-10-11-27-19-36(48)39(32-18-26(6)12-14-30(32)24(2)3)38(20-27)52-42(50)51-37-23-35(47)31(25(4)5)22-33(37)40-43-44-41(49)46(40)29-13-15-34-28(21-29)16-17-45(34)7/h13,15-23,25,30,32,47-48H,2,8-12,14H2,1,3-7H3,(H,44,49). The van der Waals surface area contributed by atoms with E-state index in [2.05, 4.69) is 36.7 Å². The molecule has 5 aromatic rings. The molecule has 272 valence electrons. The van der Waals surface area contributed by atoms with Gasteiger partial charge in [-0.2, -0.15) is 5.10 Å². The van der Waals surface area contributed by atoms with E-state index in [1.54, 1.807) is 12.1 Å². The van der Waals surface area contributed by atoms with Gasteiger partial charge in [-0.3, -0.25) is 0 Å². The smallest absolute Gasteiger partial charge is 0.508 e. The Morgan fingerprint density at radius 3 is 2.56 bits per heavy atom. The molecule has 0 saturated carbocycles. The Morgan fingerprint density at radius 2 is 1.83 bits per heavy atom. The van der Waals surface area contributed by atoms with Gasteiger partial charge in [-0.15, -0.1) is 0 Å². The van der Waals surface area contributed by atoms with Gasteiger partial charge in [0.15, 0.2) is 5.82 Å². The predicted octanol–water partition coefficient (Wildman–Crippen LogP) is 9.58. The molecule has 0 saturated heterocycles. The van der Waals surface area contributed by atoms with E-state index in [4.69, 9.17) is 9.47 Å². The summed E-state index contributed by atoms with van der Waals surface area (Å²) in [6, 6.07) is 14.2. The number of benzene rings is 3. The number of phenols is 2. The van der Waals surface area contributed by atoms with Gasteiger partial charge in [-0.1, -0.05) is 57.4 Å². The van der Waals surface area contributed by atoms with Crippen molar-refractivity contribution in [2.75, 3.05) is 0 Å². The molecule has 0 fully saturated rings. The third-order valence-electron chi connectivity index (χ3n) is 10.1. The Bertz CT molecular complexity index is 2240. The fourth-order valence-corrected chi connectivity index (χ4v) is 7.35. The Balaban J connectivity index is 1.42. The molecule has 2 aromatic heterocycles. The molecule has 10 nitrogen and oxygen atoms in total. The first-order valence-electron chi connectivity index (χ1n) is 18.0. The lowest BCUT2D eigenvalue weighted by Crippen LogP contribution is -2.20. The number of carbonyl (C=O) groups excluding carboxylic acids is 1. The molecule has 1 aliphatic carbocycles. The molecule has 3 N–H and O–H groups in total. The molecule has 52 heavy (non-hydrogen) atoms. The van der Waals surface area contributed by atoms with Crippen LogP contribution < -0.4 is 15.2 Å². The summed E-state index contributed by atoms with van der Waals surface area (Å²) >= 11 is 0. The van der Waals surface area contributed by atoms with Crippen LogP contribution in [0.5, 0.6) is 23.0 Å². The number of allylic oxidation sites excluding steroid dienone is 3. The van der Waals surface area contributed by atoms with Crippen molar-refractivity contribution in [2.24, 2.45) is 13.0 Å². The van der Waals surface area contributed by atoms with E-state index in [9.17, 15) is 19.8 Å². The summed E-state index contributed by atoms with van der Waals surface area (Å²) in [7, 11) is 1.95. The average molecular weight is 705 g/mol. The number of aromatic hydroxyl groups is 2. The largest absolute Gasteiger partial charge is 0.519 e.